The topological polar surface area (TPSA) is 69.9 Å². The lowest BCUT2D eigenvalue weighted by molar-refractivity contribution is 0.668. The number of benzene rings is 8. The normalized spacial score (nSPS) is 14.3. The van der Waals surface area contributed by atoms with Crippen molar-refractivity contribution in [3.8, 4) is 51.0 Å². The van der Waals surface area contributed by atoms with E-state index in [-0.39, 0.29) is 109 Å². The Kier molecular flexibility index (Phi) is 5.02. The first kappa shape index (κ1) is 23.2. The molecule has 0 amide bonds. The summed E-state index contributed by atoms with van der Waals surface area (Å²) in [7, 11) is 0. The van der Waals surface area contributed by atoms with Gasteiger partial charge in [0.15, 0.2) is 17.5 Å². The van der Waals surface area contributed by atoms with Gasteiger partial charge in [0, 0.05) is 38.1 Å². The highest BCUT2D eigenvalue weighted by Crippen LogP contribution is 2.43. The van der Waals surface area contributed by atoms with Crippen LogP contribution in [0.4, 0.5) is 0 Å². The van der Waals surface area contributed by atoms with Crippen molar-refractivity contribution in [1.29, 1.82) is 0 Å². The molecule has 0 saturated heterocycles. The molecular weight excluding hydrogens is 701 g/mol. The van der Waals surface area contributed by atoms with Gasteiger partial charge in [-0.15, -0.1) is 0 Å². The minimum absolute atomic E-state index is 0.00245. The first-order chi connectivity index (χ1) is 32.4. The smallest absolute Gasteiger partial charge is 0.167 e. The first-order valence-electron chi connectivity index (χ1n) is 23.2. The predicted octanol–water partition coefficient (Wildman–Crippen LogP) is 13.4. The van der Waals surface area contributed by atoms with Gasteiger partial charge in [0.05, 0.1) is 41.4 Å². The minimum atomic E-state index is -0.536. The van der Waals surface area contributed by atoms with Crippen LogP contribution in [0.5, 0.6) is 0 Å². The summed E-state index contributed by atoms with van der Waals surface area (Å²) in [6.07, 6.45) is 0. The van der Waals surface area contributed by atoms with Crippen LogP contribution in [0.1, 0.15) is 13.7 Å². The molecule has 0 saturated carbocycles. The van der Waals surface area contributed by atoms with Gasteiger partial charge < -0.3 is 13.4 Å². The Bertz CT molecular complexity index is 4110. The summed E-state index contributed by atoms with van der Waals surface area (Å²) in [5.41, 5.74) is 4.73. The summed E-state index contributed by atoms with van der Waals surface area (Å²) in [6, 6.07) is 33.2. The molecule has 0 bridgehead atoms. The second-order valence-electron chi connectivity index (χ2n) is 13.6. The van der Waals surface area contributed by atoms with Crippen LogP contribution in [0.3, 0.4) is 0 Å². The zero-order valence-corrected chi connectivity index (χ0v) is 29.7. The highest BCUT2D eigenvalue weighted by molar-refractivity contribution is 6.18. The molecule has 0 spiro atoms. The molecule has 6 heteroatoms. The molecule has 12 aromatic rings. The van der Waals surface area contributed by atoms with Gasteiger partial charge >= 0.3 is 0 Å². The number of nitrogens with zero attached hydrogens (tertiary/aromatic N) is 4. The van der Waals surface area contributed by atoms with Gasteiger partial charge in [0.1, 0.15) is 22.3 Å². The Morgan fingerprint density at radius 3 is 1.95 bits per heavy atom. The van der Waals surface area contributed by atoms with E-state index >= 15 is 0 Å². The maximum Gasteiger partial charge on any atom is 0.167 e. The maximum absolute atomic E-state index is 9.18. The Morgan fingerprint density at radius 2 is 1.09 bits per heavy atom. The molecule has 0 unspecified atom stereocenters. The fraction of sp³-hybridized carbons (Fsp3) is 0. The van der Waals surface area contributed by atoms with Crippen molar-refractivity contribution in [2.45, 2.75) is 0 Å². The summed E-state index contributed by atoms with van der Waals surface area (Å²) < 4.78 is 104. The van der Waals surface area contributed by atoms with Crippen LogP contribution in [0.2, 0.25) is 0 Å². The van der Waals surface area contributed by atoms with E-state index in [1.165, 1.54) is 22.8 Å². The van der Waals surface area contributed by atoms with E-state index in [9.17, 15) is 1.37 Å². The molecule has 0 atom stereocenters. The van der Waals surface area contributed by atoms with Gasteiger partial charge in [-0.2, -0.15) is 0 Å². The van der Waals surface area contributed by atoms with E-state index in [1.807, 2.05) is 91.0 Å². The van der Waals surface area contributed by atoms with Gasteiger partial charge in [0.2, 0.25) is 0 Å². The van der Waals surface area contributed by atoms with Crippen LogP contribution in [0.25, 0.3) is 117 Å². The van der Waals surface area contributed by atoms with Crippen molar-refractivity contribution in [3.63, 3.8) is 0 Å². The molecule has 57 heavy (non-hydrogen) atoms. The number of para-hydroxylation sites is 3. The average Bonchev–Trinajstić information content (AvgIpc) is 4.05. The molecule has 0 fully saturated rings. The van der Waals surface area contributed by atoms with Gasteiger partial charge in [-0.05, 0) is 53.5 Å². The maximum atomic E-state index is 9.18. The lowest BCUT2D eigenvalue weighted by Crippen LogP contribution is -2.01. The molecule has 12 rings (SSSR count). The van der Waals surface area contributed by atoms with Gasteiger partial charge in [-0.3, -0.25) is 0 Å². The second-order valence-corrected chi connectivity index (χ2v) is 13.6. The van der Waals surface area contributed by atoms with Crippen molar-refractivity contribution in [2.24, 2.45) is 0 Å². The Labute approximate surface area is 340 Å². The number of hydrogen-bond donors (Lipinski definition) is 0. The van der Waals surface area contributed by atoms with Gasteiger partial charge in [0.25, 0.3) is 0 Å². The number of rotatable bonds is 5. The van der Waals surface area contributed by atoms with Crippen molar-refractivity contribution < 1.29 is 22.5 Å². The highest BCUT2D eigenvalue weighted by atomic mass is 16.3. The molecular formula is C51H30N4O2. The third-order valence-electron chi connectivity index (χ3n) is 10.4. The van der Waals surface area contributed by atoms with Gasteiger partial charge in [-0.1, -0.05) is 139 Å². The van der Waals surface area contributed by atoms with Crippen LogP contribution < -0.4 is 0 Å². The number of furan rings is 2. The summed E-state index contributed by atoms with van der Waals surface area (Å²) in [4.78, 5) is 15.1. The van der Waals surface area contributed by atoms with Crippen LogP contribution >= 0.6 is 0 Å². The molecule has 0 N–H and O–H groups in total. The lowest BCUT2D eigenvalue weighted by atomic mass is 9.99. The number of hydrogen-bond acceptors (Lipinski definition) is 5. The zero-order valence-electron chi connectivity index (χ0n) is 39.7. The molecule has 266 valence electrons. The Balaban J connectivity index is 1.20. The number of aromatic nitrogens is 4. The number of fused-ring (bicyclic) bond motifs is 9. The summed E-state index contributed by atoms with van der Waals surface area (Å²) >= 11 is 0. The Hall–Kier alpha value is -7.83. The van der Waals surface area contributed by atoms with E-state index in [0.29, 0.717) is 22.3 Å². The fourth-order valence-electron chi connectivity index (χ4n) is 7.95. The van der Waals surface area contributed by atoms with Crippen molar-refractivity contribution in [2.75, 3.05) is 0 Å². The van der Waals surface area contributed by atoms with Crippen molar-refractivity contribution in [3.05, 3.63) is 182 Å². The molecule has 6 nitrogen and oxygen atoms in total. The van der Waals surface area contributed by atoms with Crippen LogP contribution in [-0.2, 0) is 0 Å². The van der Waals surface area contributed by atoms with Crippen LogP contribution in [0, 0.1) is 0 Å². The second kappa shape index (κ2) is 12.3. The predicted molar refractivity (Wildman–Crippen MR) is 230 cm³/mol. The average molecular weight is 741 g/mol. The summed E-state index contributed by atoms with van der Waals surface area (Å²) in [5, 5.41) is 2.22. The summed E-state index contributed by atoms with van der Waals surface area (Å²) in [6.45, 7) is 0. The molecule has 0 aliphatic rings. The van der Waals surface area contributed by atoms with Gasteiger partial charge in [-0.25, -0.2) is 15.0 Å². The fourth-order valence-corrected chi connectivity index (χ4v) is 7.95. The monoisotopic (exact) mass is 740 g/mol. The highest BCUT2D eigenvalue weighted by Gasteiger charge is 2.23. The molecule has 4 aromatic heterocycles. The van der Waals surface area contributed by atoms with Crippen LogP contribution in [-0.4, -0.2) is 19.5 Å². The third kappa shape index (κ3) is 4.81. The van der Waals surface area contributed by atoms with Crippen molar-refractivity contribution >= 4 is 65.7 Å². The van der Waals surface area contributed by atoms with E-state index in [0.717, 1.165) is 21.9 Å². The minimum Gasteiger partial charge on any atom is -0.456 e. The molecule has 0 radical (unpaired) electrons. The third-order valence-corrected chi connectivity index (χ3v) is 10.4. The largest absolute Gasteiger partial charge is 0.456 e. The molecule has 8 aromatic carbocycles. The van der Waals surface area contributed by atoms with Crippen molar-refractivity contribution in [1.82, 2.24) is 19.5 Å². The SMILES string of the molecule is [2H]c1cc(-c2nc(-c3ccccc3)nc(-c3cccc4c3oc3cccc(-c5ccccc5)c34)n2)c2c(oc3c([2H])c([2H])cc(-n4c5ccc([2H])c([2H])c5c5c([2H])c([2H])c([2H])c([2H])c54)c32)c1[2H]. The van der Waals surface area contributed by atoms with E-state index in [2.05, 4.69) is 6.07 Å². The Morgan fingerprint density at radius 1 is 0.404 bits per heavy atom. The molecule has 4 heterocycles. The van der Waals surface area contributed by atoms with E-state index in [1.54, 1.807) is 6.07 Å². The lowest BCUT2D eigenvalue weighted by Gasteiger charge is -2.12. The van der Waals surface area contributed by atoms with E-state index < -0.39 is 24.2 Å². The zero-order chi connectivity index (χ0) is 46.2. The first-order valence-corrected chi connectivity index (χ1v) is 18.2. The quantitative estimate of drug-likeness (QED) is 0.176. The van der Waals surface area contributed by atoms with Crippen LogP contribution in [0.15, 0.2) is 191 Å². The molecule has 0 aliphatic carbocycles. The van der Waals surface area contributed by atoms with E-state index in [4.69, 9.17) is 36.1 Å². The summed E-state index contributed by atoms with van der Waals surface area (Å²) in [5.74, 6) is 0.593. The molecule has 0 aliphatic heterocycles. The standard InChI is InChI=1S/C51H30N4O2/c1-3-15-31(16-4-1)33-21-12-28-42-45(33)36-22-11-24-38(48(36)57-42)51-53-49(32-17-5-2-6-18-32)52-50(54-51)37-23-13-29-43-46(37)47-41(27-14-30-44(47)56-43)55-39-25-9-7-19-34(39)35-20-8-10-26-40(35)55/h1-30H/i7D,8D,9D,13D,14D,19D,20D,25D,29D,30D.